The molecule has 0 radical (unpaired) electrons. The first kappa shape index (κ1) is 17.5. The second-order valence-corrected chi connectivity index (χ2v) is 5.91. The van der Waals surface area contributed by atoms with Gasteiger partial charge in [0.15, 0.2) is 0 Å². The molecule has 0 aliphatic rings. The van der Waals surface area contributed by atoms with Gasteiger partial charge in [-0.2, -0.15) is 13.2 Å². The lowest BCUT2D eigenvalue weighted by Crippen LogP contribution is -2.34. The van der Waals surface area contributed by atoms with E-state index in [4.69, 9.17) is 4.52 Å². The Hall–Kier alpha value is -1.82. The van der Waals surface area contributed by atoms with Crippen LogP contribution < -0.4 is 5.32 Å². The molecule has 6 heteroatoms. The number of hydrogen-bond acceptors (Lipinski definition) is 3. The summed E-state index contributed by atoms with van der Waals surface area (Å²) in [5.41, 5.74) is 0.459. The summed E-state index contributed by atoms with van der Waals surface area (Å²) in [5, 5.41) is 7.24. The molecule has 0 aliphatic heterocycles. The summed E-state index contributed by atoms with van der Waals surface area (Å²) in [6, 6.07) is 7.27. The fourth-order valence-electron chi connectivity index (χ4n) is 2.64. The summed E-state index contributed by atoms with van der Waals surface area (Å²) in [4.78, 5) is 0. The van der Waals surface area contributed by atoms with Crippen molar-refractivity contribution >= 4 is 0 Å². The zero-order valence-electron chi connectivity index (χ0n) is 13.6. The molecule has 1 aromatic carbocycles. The van der Waals surface area contributed by atoms with Gasteiger partial charge in [-0.25, -0.2) is 0 Å². The second kappa shape index (κ2) is 6.74. The SMILES string of the molecule is Cc1cc(C(C)NC(C)C(C)c2ccccc2C(F)(F)F)no1. The first-order valence-electron chi connectivity index (χ1n) is 7.55. The first-order chi connectivity index (χ1) is 10.7. The number of nitrogens with zero attached hydrogens (tertiary/aromatic N) is 1. The summed E-state index contributed by atoms with van der Waals surface area (Å²) in [7, 11) is 0. The van der Waals surface area contributed by atoms with Crippen LogP contribution in [0.15, 0.2) is 34.9 Å². The largest absolute Gasteiger partial charge is 0.416 e. The van der Waals surface area contributed by atoms with E-state index in [0.717, 1.165) is 11.8 Å². The third-order valence-electron chi connectivity index (χ3n) is 4.11. The Morgan fingerprint density at radius 3 is 2.35 bits per heavy atom. The minimum absolute atomic E-state index is 0.108. The average molecular weight is 326 g/mol. The quantitative estimate of drug-likeness (QED) is 0.854. The van der Waals surface area contributed by atoms with Crippen molar-refractivity contribution in [1.82, 2.24) is 10.5 Å². The predicted molar refractivity (Wildman–Crippen MR) is 82.1 cm³/mol. The van der Waals surface area contributed by atoms with Gasteiger partial charge in [-0.15, -0.1) is 0 Å². The topological polar surface area (TPSA) is 38.1 Å². The standard InChI is InChI=1S/C17H21F3N2O/c1-10-9-16(22-23-10)13(4)21-12(3)11(2)14-7-5-6-8-15(14)17(18,19)20/h5-9,11-13,21H,1-4H3. The molecule has 23 heavy (non-hydrogen) atoms. The molecule has 1 heterocycles. The highest BCUT2D eigenvalue weighted by atomic mass is 19.4. The van der Waals surface area contributed by atoms with E-state index in [1.165, 1.54) is 12.1 Å². The molecule has 0 saturated carbocycles. The van der Waals surface area contributed by atoms with Gasteiger partial charge in [0.05, 0.1) is 11.6 Å². The molecular formula is C17H21F3N2O. The summed E-state index contributed by atoms with van der Waals surface area (Å²) in [5.74, 6) is 0.403. The van der Waals surface area contributed by atoms with Gasteiger partial charge < -0.3 is 9.84 Å². The van der Waals surface area contributed by atoms with E-state index < -0.39 is 11.7 Å². The van der Waals surface area contributed by atoms with E-state index in [9.17, 15) is 13.2 Å². The molecule has 0 bridgehead atoms. The van der Waals surface area contributed by atoms with Gasteiger partial charge in [0, 0.05) is 12.1 Å². The van der Waals surface area contributed by atoms with E-state index in [1.807, 2.05) is 19.9 Å². The van der Waals surface area contributed by atoms with Crippen molar-refractivity contribution in [3.8, 4) is 0 Å². The van der Waals surface area contributed by atoms with Crippen molar-refractivity contribution in [3.63, 3.8) is 0 Å². The smallest absolute Gasteiger partial charge is 0.361 e. The molecule has 1 aromatic heterocycles. The number of alkyl halides is 3. The van der Waals surface area contributed by atoms with E-state index >= 15 is 0 Å². The second-order valence-electron chi connectivity index (χ2n) is 5.91. The molecule has 1 N–H and O–H groups in total. The number of hydrogen-bond donors (Lipinski definition) is 1. The van der Waals surface area contributed by atoms with Crippen molar-refractivity contribution < 1.29 is 17.7 Å². The van der Waals surface area contributed by atoms with Gasteiger partial charge in [0.1, 0.15) is 11.5 Å². The van der Waals surface area contributed by atoms with Crippen LogP contribution in [0.4, 0.5) is 13.2 Å². The molecule has 0 spiro atoms. The van der Waals surface area contributed by atoms with Crippen molar-refractivity contribution in [2.24, 2.45) is 0 Å². The highest BCUT2D eigenvalue weighted by molar-refractivity contribution is 5.33. The molecular weight excluding hydrogens is 305 g/mol. The number of aryl methyl sites for hydroxylation is 1. The van der Waals surface area contributed by atoms with Crippen LogP contribution in [0.1, 0.15) is 55.3 Å². The van der Waals surface area contributed by atoms with Crippen LogP contribution in [0, 0.1) is 6.92 Å². The Morgan fingerprint density at radius 1 is 1.13 bits per heavy atom. The van der Waals surface area contributed by atoms with Crippen molar-refractivity contribution in [2.75, 3.05) is 0 Å². The van der Waals surface area contributed by atoms with E-state index in [1.54, 1.807) is 19.9 Å². The Morgan fingerprint density at radius 2 is 1.78 bits per heavy atom. The van der Waals surface area contributed by atoms with Gasteiger partial charge in [-0.1, -0.05) is 30.3 Å². The number of nitrogens with one attached hydrogen (secondary N) is 1. The Kier molecular flexibility index (Phi) is 5.14. The van der Waals surface area contributed by atoms with E-state index in [2.05, 4.69) is 10.5 Å². The molecule has 0 saturated heterocycles. The maximum Gasteiger partial charge on any atom is 0.416 e. The Bertz CT molecular complexity index is 651. The fourth-order valence-corrected chi connectivity index (χ4v) is 2.64. The molecule has 3 nitrogen and oxygen atoms in total. The molecule has 0 aliphatic carbocycles. The third kappa shape index (κ3) is 4.13. The third-order valence-corrected chi connectivity index (χ3v) is 4.11. The highest BCUT2D eigenvalue weighted by Gasteiger charge is 2.35. The van der Waals surface area contributed by atoms with Crippen LogP contribution in [-0.4, -0.2) is 11.2 Å². The Labute approximate surface area is 133 Å². The highest BCUT2D eigenvalue weighted by Crippen LogP contribution is 2.36. The van der Waals surface area contributed by atoms with E-state index in [0.29, 0.717) is 11.3 Å². The molecule has 0 amide bonds. The van der Waals surface area contributed by atoms with Crippen LogP contribution in [0.3, 0.4) is 0 Å². The molecule has 3 unspecified atom stereocenters. The minimum Gasteiger partial charge on any atom is -0.361 e. The van der Waals surface area contributed by atoms with Gasteiger partial charge in [0.25, 0.3) is 0 Å². The molecule has 2 aromatic rings. The molecule has 126 valence electrons. The number of halogens is 3. The van der Waals surface area contributed by atoms with Crippen molar-refractivity contribution in [2.45, 2.75) is 51.9 Å². The van der Waals surface area contributed by atoms with Gasteiger partial charge in [0.2, 0.25) is 0 Å². The zero-order chi connectivity index (χ0) is 17.2. The van der Waals surface area contributed by atoms with Gasteiger partial charge >= 0.3 is 6.18 Å². The van der Waals surface area contributed by atoms with Crippen LogP contribution in [0.25, 0.3) is 0 Å². The molecule has 3 atom stereocenters. The zero-order valence-corrected chi connectivity index (χ0v) is 13.6. The van der Waals surface area contributed by atoms with Crippen molar-refractivity contribution in [1.29, 1.82) is 0 Å². The lowest BCUT2D eigenvalue weighted by Gasteiger charge is -2.27. The predicted octanol–water partition coefficient (Wildman–Crippen LogP) is 4.84. The van der Waals surface area contributed by atoms with Gasteiger partial charge in [-0.3, -0.25) is 0 Å². The minimum atomic E-state index is -4.35. The normalized spacial score (nSPS) is 16.1. The first-order valence-corrected chi connectivity index (χ1v) is 7.55. The fraction of sp³-hybridized carbons (Fsp3) is 0.471. The van der Waals surface area contributed by atoms with Crippen LogP contribution >= 0.6 is 0 Å². The number of aromatic nitrogens is 1. The summed E-state index contributed by atoms with van der Waals surface area (Å²) >= 11 is 0. The van der Waals surface area contributed by atoms with Gasteiger partial charge in [-0.05, 0) is 38.3 Å². The summed E-state index contributed by atoms with van der Waals surface area (Å²) in [6.07, 6.45) is -4.35. The molecule has 0 fully saturated rings. The maximum absolute atomic E-state index is 13.2. The number of rotatable bonds is 5. The van der Waals surface area contributed by atoms with Crippen LogP contribution in [0.2, 0.25) is 0 Å². The maximum atomic E-state index is 13.2. The number of benzene rings is 1. The van der Waals surface area contributed by atoms with E-state index in [-0.39, 0.29) is 18.0 Å². The monoisotopic (exact) mass is 326 g/mol. The van der Waals surface area contributed by atoms with Crippen molar-refractivity contribution in [3.05, 3.63) is 52.9 Å². The lowest BCUT2D eigenvalue weighted by atomic mass is 9.89. The summed E-state index contributed by atoms with van der Waals surface area (Å²) < 4.78 is 44.5. The van der Waals surface area contributed by atoms with Crippen LogP contribution in [0.5, 0.6) is 0 Å². The lowest BCUT2D eigenvalue weighted by molar-refractivity contribution is -0.138. The Balaban J connectivity index is 2.15. The van der Waals surface area contributed by atoms with Crippen LogP contribution in [-0.2, 0) is 6.18 Å². The summed E-state index contributed by atoms with van der Waals surface area (Å²) in [6.45, 7) is 7.38. The molecule has 2 rings (SSSR count). The average Bonchev–Trinajstić information content (AvgIpc) is 2.92.